The molecular weight excluding hydrogens is 282 g/mol. The molecule has 2 rings (SSSR count). The third-order valence-corrected chi connectivity index (χ3v) is 3.41. The van der Waals surface area contributed by atoms with E-state index >= 15 is 0 Å². The largest absolute Gasteiger partial charge is 0.496 e. The van der Waals surface area contributed by atoms with Gasteiger partial charge < -0.3 is 14.0 Å². The fourth-order valence-corrected chi connectivity index (χ4v) is 2.35. The van der Waals surface area contributed by atoms with E-state index in [9.17, 15) is 4.79 Å². The summed E-state index contributed by atoms with van der Waals surface area (Å²) in [5, 5.41) is 4.06. The van der Waals surface area contributed by atoms with Gasteiger partial charge in [-0.25, -0.2) is 0 Å². The molecule has 0 amide bonds. The molecule has 0 saturated heterocycles. The highest BCUT2D eigenvalue weighted by Crippen LogP contribution is 2.32. The third kappa shape index (κ3) is 3.47. The average Bonchev–Trinajstić information content (AvgIpc) is 3.02. The molecule has 5 heteroatoms. The van der Waals surface area contributed by atoms with Crippen LogP contribution in [0.4, 0.5) is 0 Å². The lowest BCUT2D eigenvalue weighted by Crippen LogP contribution is -2.16. The van der Waals surface area contributed by atoms with Gasteiger partial charge in [-0.15, -0.1) is 0 Å². The molecule has 0 fully saturated rings. The maximum Gasteiger partial charge on any atom is 0.315 e. The summed E-state index contributed by atoms with van der Waals surface area (Å²) in [7, 11) is 1.61. The first-order valence-corrected chi connectivity index (χ1v) is 7.47. The molecule has 5 nitrogen and oxygen atoms in total. The predicted molar refractivity (Wildman–Crippen MR) is 82.8 cm³/mol. The van der Waals surface area contributed by atoms with Gasteiger partial charge in [-0.1, -0.05) is 30.6 Å². The number of methoxy groups -OCH3 is 1. The van der Waals surface area contributed by atoms with Crippen LogP contribution in [-0.2, 0) is 9.53 Å². The normalized spacial score (nSPS) is 12.0. The van der Waals surface area contributed by atoms with Crippen molar-refractivity contribution in [1.29, 1.82) is 0 Å². The van der Waals surface area contributed by atoms with Gasteiger partial charge in [-0.2, -0.15) is 0 Å². The van der Waals surface area contributed by atoms with Crippen LogP contribution in [0.1, 0.15) is 38.3 Å². The van der Waals surface area contributed by atoms with Crippen molar-refractivity contribution in [3.8, 4) is 17.1 Å². The number of aromatic nitrogens is 1. The number of carbonyl (C=O) groups excluding carboxylic acids is 1. The molecule has 1 aromatic heterocycles. The monoisotopic (exact) mass is 303 g/mol. The lowest BCUT2D eigenvalue weighted by Gasteiger charge is -2.11. The van der Waals surface area contributed by atoms with Gasteiger partial charge in [0.1, 0.15) is 11.7 Å². The van der Waals surface area contributed by atoms with Crippen molar-refractivity contribution in [2.75, 3.05) is 13.7 Å². The fraction of sp³-hybridized carbons (Fsp3) is 0.412. The maximum atomic E-state index is 12.1. The Labute approximate surface area is 130 Å². The molecule has 2 aromatic rings. The summed E-state index contributed by atoms with van der Waals surface area (Å²) in [5.41, 5.74) is 1.41. The minimum absolute atomic E-state index is 0.260. The van der Waals surface area contributed by atoms with Crippen LogP contribution in [0, 0.1) is 0 Å². The van der Waals surface area contributed by atoms with Crippen molar-refractivity contribution in [3.63, 3.8) is 0 Å². The van der Waals surface area contributed by atoms with E-state index in [1.807, 2.05) is 31.2 Å². The number of hydrogen-bond acceptors (Lipinski definition) is 5. The standard InChI is InChI=1S/C17H21NO4/c1-4-8-12(17(19)21-5-2)14-11-16(22-18-14)13-9-6-7-10-15(13)20-3/h6-7,9-12H,4-5,8H2,1-3H3. The molecule has 0 aliphatic heterocycles. The van der Waals surface area contributed by atoms with Crippen LogP contribution < -0.4 is 4.74 Å². The highest BCUT2D eigenvalue weighted by atomic mass is 16.5. The van der Waals surface area contributed by atoms with Gasteiger partial charge in [0.15, 0.2) is 5.76 Å². The Morgan fingerprint density at radius 2 is 2.09 bits per heavy atom. The molecule has 1 heterocycles. The molecule has 0 bridgehead atoms. The lowest BCUT2D eigenvalue weighted by molar-refractivity contribution is -0.145. The Morgan fingerprint density at radius 1 is 1.32 bits per heavy atom. The molecule has 0 radical (unpaired) electrons. The summed E-state index contributed by atoms with van der Waals surface area (Å²) in [4.78, 5) is 12.1. The second-order valence-electron chi connectivity index (χ2n) is 4.91. The molecule has 22 heavy (non-hydrogen) atoms. The zero-order valence-electron chi connectivity index (χ0n) is 13.2. The van der Waals surface area contributed by atoms with E-state index < -0.39 is 5.92 Å². The maximum absolute atomic E-state index is 12.1. The van der Waals surface area contributed by atoms with E-state index in [0.29, 0.717) is 30.2 Å². The summed E-state index contributed by atoms with van der Waals surface area (Å²) in [5.74, 6) is 0.632. The zero-order valence-corrected chi connectivity index (χ0v) is 13.2. The Morgan fingerprint density at radius 3 is 2.77 bits per heavy atom. The van der Waals surface area contributed by atoms with Crippen LogP contribution >= 0.6 is 0 Å². The Kier molecular flexibility index (Phi) is 5.58. The first-order chi connectivity index (χ1) is 10.7. The number of nitrogens with zero attached hydrogens (tertiary/aromatic N) is 1. The first kappa shape index (κ1) is 16.1. The average molecular weight is 303 g/mol. The van der Waals surface area contributed by atoms with Gasteiger partial charge in [-0.05, 0) is 25.5 Å². The minimum atomic E-state index is -0.392. The van der Waals surface area contributed by atoms with Crippen LogP contribution in [0.3, 0.4) is 0 Å². The summed E-state index contributed by atoms with van der Waals surface area (Å²) in [6.07, 6.45) is 1.54. The van der Waals surface area contributed by atoms with Crippen molar-refractivity contribution in [2.24, 2.45) is 0 Å². The molecule has 1 unspecified atom stereocenters. The Hall–Kier alpha value is -2.30. The van der Waals surface area contributed by atoms with Gasteiger partial charge in [0.05, 0.1) is 25.0 Å². The molecular formula is C17H21NO4. The minimum Gasteiger partial charge on any atom is -0.496 e. The summed E-state index contributed by atoms with van der Waals surface area (Å²) in [6, 6.07) is 9.32. The van der Waals surface area contributed by atoms with Crippen molar-refractivity contribution < 1.29 is 18.8 Å². The fourth-order valence-electron chi connectivity index (χ4n) is 2.35. The quantitative estimate of drug-likeness (QED) is 0.728. The Balaban J connectivity index is 2.30. The highest BCUT2D eigenvalue weighted by molar-refractivity contribution is 5.78. The molecule has 0 aliphatic rings. The topological polar surface area (TPSA) is 61.6 Å². The predicted octanol–water partition coefficient (Wildman–Crippen LogP) is 3.80. The van der Waals surface area contributed by atoms with Gasteiger partial charge in [0, 0.05) is 6.07 Å². The van der Waals surface area contributed by atoms with Crippen molar-refractivity contribution in [2.45, 2.75) is 32.6 Å². The first-order valence-electron chi connectivity index (χ1n) is 7.47. The molecule has 0 spiro atoms. The number of para-hydroxylation sites is 1. The van der Waals surface area contributed by atoms with Crippen LogP contribution in [0.15, 0.2) is 34.9 Å². The SMILES string of the molecule is CCCC(C(=O)OCC)c1cc(-c2ccccc2OC)on1. The molecule has 0 saturated carbocycles. The van der Waals surface area contributed by atoms with E-state index in [0.717, 1.165) is 12.0 Å². The van der Waals surface area contributed by atoms with Gasteiger partial charge in [0.25, 0.3) is 0 Å². The zero-order chi connectivity index (χ0) is 15.9. The van der Waals surface area contributed by atoms with Crippen LogP contribution in [0.2, 0.25) is 0 Å². The van der Waals surface area contributed by atoms with Crippen LogP contribution in [-0.4, -0.2) is 24.8 Å². The van der Waals surface area contributed by atoms with Crippen molar-refractivity contribution >= 4 is 5.97 Å². The molecule has 1 aromatic carbocycles. The highest BCUT2D eigenvalue weighted by Gasteiger charge is 2.25. The smallest absolute Gasteiger partial charge is 0.315 e. The number of esters is 1. The molecule has 1 atom stereocenters. The summed E-state index contributed by atoms with van der Waals surface area (Å²) < 4.78 is 15.9. The van der Waals surface area contributed by atoms with Gasteiger partial charge in [0.2, 0.25) is 0 Å². The van der Waals surface area contributed by atoms with E-state index in [1.165, 1.54) is 0 Å². The third-order valence-electron chi connectivity index (χ3n) is 3.41. The number of hydrogen-bond donors (Lipinski definition) is 0. The van der Waals surface area contributed by atoms with Crippen LogP contribution in [0.5, 0.6) is 5.75 Å². The molecule has 0 N–H and O–H groups in total. The number of carbonyl (C=O) groups is 1. The molecule has 118 valence electrons. The van der Waals surface area contributed by atoms with Crippen molar-refractivity contribution in [3.05, 3.63) is 36.0 Å². The van der Waals surface area contributed by atoms with Gasteiger partial charge in [-0.3, -0.25) is 4.79 Å². The van der Waals surface area contributed by atoms with Gasteiger partial charge >= 0.3 is 5.97 Å². The number of ether oxygens (including phenoxy) is 2. The summed E-state index contributed by atoms with van der Waals surface area (Å²) >= 11 is 0. The number of rotatable bonds is 7. The number of benzene rings is 1. The summed E-state index contributed by atoms with van der Waals surface area (Å²) in [6.45, 7) is 4.17. The Bertz CT molecular complexity index is 621. The lowest BCUT2D eigenvalue weighted by atomic mass is 9.99. The van der Waals surface area contributed by atoms with E-state index in [-0.39, 0.29) is 5.97 Å². The van der Waals surface area contributed by atoms with E-state index in [1.54, 1.807) is 20.1 Å². The van der Waals surface area contributed by atoms with Crippen molar-refractivity contribution in [1.82, 2.24) is 5.16 Å². The second kappa shape index (κ2) is 7.64. The van der Waals surface area contributed by atoms with E-state index in [4.69, 9.17) is 14.0 Å². The second-order valence-corrected chi connectivity index (χ2v) is 4.91. The molecule has 0 aliphatic carbocycles. The van der Waals surface area contributed by atoms with E-state index in [2.05, 4.69) is 5.16 Å². The van der Waals surface area contributed by atoms with Crippen LogP contribution in [0.25, 0.3) is 11.3 Å².